The fraction of sp³-hybridized carbons (Fsp3) is 0. The van der Waals surface area contributed by atoms with Crippen molar-refractivity contribution in [3.8, 4) is 0 Å². The number of pyridine rings is 2. The maximum Gasteiger partial charge on any atom is 0.131 e. The van der Waals surface area contributed by atoms with Crippen LogP contribution in [0.15, 0.2) is 59.4 Å². The molecule has 2 rings (SSSR count). The molecule has 0 aliphatic heterocycles. The average Bonchev–Trinajstić information content (AvgIpc) is 2.38. The first-order chi connectivity index (χ1) is 7.86. The molecular weight excluding hydrogens is 220 g/mol. The van der Waals surface area contributed by atoms with E-state index < -0.39 is 10.8 Å². The van der Waals surface area contributed by atoms with Gasteiger partial charge in [-0.1, -0.05) is 6.07 Å². The van der Waals surface area contributed by atoms with Crippen molar-refractivity contribution in [2.24, 2.45) is 0 Å². The normalized spacial score (nSPS) is 12.8. The zero-order valence-corrected chi connectivity index (χ0v) is 9.30. The van der Waals surface area contributed by atoms with E-state index in [1.807, 2.05) is 18.2 Å². The summed E-state index contributed by atoms with van der Waals surface area (Å²) in [6.07, 6.45) is 6.83. The molecule has 0 bridgehead atoms. The molecule has 4 heteroatoms. The van der Waals surface area contributed by atoms with Crippen molar-refractivity contribution in [3.63, 3.8) is 0 Å². The van der Waals surface area contributed by atoms with Crippen molar-refractivity contribution in [3.05, 3.63) is 59.9 Å². The van der Waals surface area contributed by atoms with Crippen LogP contribution in [0.3, 0.4) is 0 Å². The molecule has 0 amide bonds. The van der Waals surface area contributed by atoms with Gasteiger partial charge < -0.3 is 0 Å². The van der Waals surface area contributed by atoms with Gasteiger partial charge in [-0.3, -0.25) is 4.98 Å². The lowest BCUT2D eigenvalue weighted by Crippen LogP contribution is -1.89. The Kier molecular flexibility index (Phi) is 3.56. The molecule has 80 valence electrons. The van der Waals surface area contributed by atoms with Gasteiger partial charge in [-0.2, -0.15) is 0 Å². The Morgan fingerprint density at radius 3 is 2.56 bits per heavy atom. The van der Waals surface area contributed by atoms with Gasteiger partial charge >= 0.3 is 0 Å². The average molecular weight is 230 g/mol. The molecule has 2 heterocycles. The first-order valence-electron chi connectivity index (χ1n) is 4.76. The lowest BCUT2D eigenvalue weighted by atomic mass is 10.3. The predicted octanol–water partition coefficient (Wildman–Crippen LogP) is 2.26. The molecule has 0 saturated heterocycles. The number of hydrogen-bond acceptors (Lipinski definition) is 3. The Hall–Kier alpha value is -1.81. The van der Waals surface area contributed by atoms with E-state index in [1.54, 1.807) is 42.2 Å². The highest BCUT2D eigenvalue weighted by Crippen LogP contribution is 2.06. The first-order valence-corrected chi connectivity index (χ1v) is 5.97. The van der Waals surface area contributed by atoms with Crippen molar-refractivity contribution in [2.75, 3.05) is 0 Å². The van der Waals surface area contributed by atoms with Crippen LogP contribution >= 0.6 is 0 Å². The quantitative estimate of drug-likeness (QED) is 0.812. The third-order valence-electron chi connectivity index (χ3n) is 1.93. The van der Waals surface area contributed by atoms with Crippen LogP contribution in [-0.2, 0) is 10.8 Å². The molecule has 16 heavy (non-hydrogen) atoms. The maximum atomic E-state index is 11.8. The van der Waals surface area contributed by atoms with E-state index in [1.165, 1.54) is 0 Å². The molecule has 0 aliphatic rings. The third kappa shape index (κ3) is 2.84. The van der Waals surface area contributed by atoms with Crippen molar-refractivity contribution in [1.82, 2.24) is 9.97 Å². The molecule has 2 aromatic heterocycles. The lowest BCUT2D eigenvalue weighted by Gasteiger charge is -1.94. The minimum atomic E-state index is -1.20. The summed E-state index contributed by atoms with van der Waals surface area (Å²) in [7, 11) is -1.20. The summed E-state index contributed by atoms with van der Waals surface area (Å²) in [5.41, 5.74) is 0.972. The van der Waals surface area contributed by atoms with Crippen molar-refractivity contribution in [1.29, 1.82) is 0 Å². The van der Waals surface area contributed by atoms with Gasteiger partial charge in [0.25, 0.3) is 0 Å². The van der Waals surface area contributed by atoms with Gasteiger partial charge in [-0.15, -0.1) is 0 Å². The van der Waals surface area contributed by atoms with Crippen LogP contribution in [0.1, 0.15) is 5.56 Å². The topological polar surface area (TPSA) is 42.9 Å². The summed E-state index contributed by atoms with van der Waals surface area (Å²) in [4.78, 5) is 7.94. The zero-order valence-electron chi connectivity index (χ0n) is 8.48. The Labute approximate surface area is 96.3 Å². The van der Waals surface area contributed by atoms with Crippen molar-refractivity contribution >= 4 is 16.9 Å². The summed E-state index contributed by atoms with van der Waals surface area (Å²) < 4.78 is 11.8. The Bertz CT molecular complexity index is 497. The molecule has 0 spiro atoms. The summed E-state index contributed by atoms with van der Waals surface area (Å²) in [6, 6.07) is 9.07. The molecule has 0 fully saturated rings. The summed E-state index contributed by atoms with van der Waals surface area (Å²) >= 11 is 0. The van der Waals surface area contributed by atoms with Crippen LogP contribution < -0.4 is 0 Å². The molecule has 1 unspecified atom stereocenters. The van der Waals surface area contributed by atoms with E-state index in [4.69, 9.17) is 0 Å². The Morgan fingerprint density at radius 1 is 1.06 bits per heavy atom. The highest BCUT2D eigenvalue weighted by molar-refractivity contribution is 7.88. The second-order valence-corrected chi connectivity index (χ2v) is 4.33. The molecule has 3 nitrogen and oxygen atoms in total. The van der Waals surface area contributed by atoms with Crippen molar-refractivity contribution in [2.45, 2.75) is 5.03 Å². The smallest absolute Gasteiger partial charge is 0.131 e. The monoisotopic (exact) mass is 230 g/mol. The fourth-order valence-corrected chi connectivity index (χ4v) is 1.95. The Morgan fingerprint density at radius 2 is 1.88 bits per heavy atom. The summed E-state index contributed by atoms with van der Waals surface area (Å²) in [5, 5.41) is 2.19. The number of rotatable bonds is 3. The van der Waals surface area contributed by atoms with Crippen molar-refractivity contribution < 1.29 is 4.21 Å². The largest absolute Gasteiger partial charge is 0.265 e. The van der Waals surface area contributed by atoms with Gasteiger partial charge in [0.05, 0.1) is 10.8 Å². The van der Waals surface area contributed by atoms with E-state index in [2.05, 4.69) is 9.97 Å². The van der Waals surface area contributed by atoms with Gasteiger partial charge in [-0.05, 0) is 35.9 Å². The number of nitrogens with zero attached hydrogens (tertiary/aromatic N) is 2. The number of hydrogen-bond donors (Lipinski definition) is 0. The van der Waals surface area contributed by atoms with Crippen LogP contribution in [-0.4, -0.2) is 14.2 Å². The van der Waals surface area contributed by atoms with E-state index in [0.29, 0.717) is 5.03 Å². The molecule has 0 radical (unpaired) electrons. The SMILES string of the molecule is O=S(/C=C/c1ccncc1)c1ccccn1. The first kappa shape index (κ1) is 10.7. The third-order valence-corrected chi connectivity index (χ3v) is 2.97. The minimum Gasteiger partial charge on any atom is -0.265 e. The summed E-state index contributed by atoms with van der Waals surface area (Å²) in [6.45, 7) is 0. The van der Waals surface area contributed by atoms with Gasteiger partial charge in [0.2, 0.25) is 0 Å². The number of aromatic nitrogens is 2. The van der Waals surface area contributed by atoms with Crippen LogP contribution in [0.4, 0.5) is 0 Å². The molecule has 0 aliphatic carbocycles. The minimum absolute atomic E-state index is 0.563. The second kappa shape index (κ2) is 5.32. The van der Waals surface area contributed by atoms with Gasteiger partial charge in [0, 0.05) is 24.0 Å². The molecule has 0 N–H and O–H groups in total. The van der Waals surface area contributed by atoms with Gasteiger partial charge in [0.15, 0.2) is 0 Å². The van der Waals surface area contributed by atoms with E-state index >= 15 is 0 Å². The fourth-order valence-electron chi connectivity index (χ4n) is 1.15. The lowest BCUT2D eigenvalue weighted by molar-refractivity contribution is 0.686. The second-order valence-electron chi connectivity index (χ2n) is 3.05. The molecule has 0 aromatic carbocycles. The molecule has 2 aromatic rings. The van der Waals surface area contributed by atoms with Gasteiger partial charge in [-0.25, -0.2) is 9.19 Å². The standard InChI is InChI=1S/C12H10N2OS/c15-16(12-3-1-2-7-14-12)10-6-11-4-8-13-9-5-11/h1-10H/b10-6+. The molecular formula is C12H10N2OS. The molecule has 1 atom stereocenters. The molecule has 0 saturated carbocycles. The highest BCUT2D eigenvalue weighted by atomic mass is 32.2. The van der Waals surface area contributed by atoms with Gasteiger partial charge in [0.1, 0.15) is 5.03 Å². The van der Waals surface area contributed by atoms with Crippen LogP contribution in [0.5, 0.6) is 0 Å². The van der Waals surface area contributed by atoms with E-state index in [-0.39, 0.29) is 0 Å². The summed E-state index contributed by atoms with van der Waals surface area (Å²) in [5.74, 6) is 0. The maximum absolute atomic E-state index is 11.8. The van der Waals surface area contributed by atoms with Crippen LogP contribution in [0.2, 0.25) is 0 Å². The Balaban J connectivity index is 2.12. The van der Waals surface area contributed by atoms with Crippen LogP contribution in [0.25, 0.3) is 6.08 Å². The predicted molar refractivity (Wildman–Crippen MR) is 63.9 cm³/mol. The zero-order chi connectivity index (χ0) is 11.2. The van der Waals surface area contributed by atoms with Crippen LogP contribution in [0, 0.1) is 0 Å². The van der Waals surface area contributed by atoms with E-state index in [0.717, 1.165) is 5.56 Å². The highest BCUT2D eigenvalue weighted by Gasteiger charge is 1.98. The van der Waals surface area contributed by atoms with E-state index in [9.17, 15) is 4.21 Å².